The number of anilines is 1. The zero-order valence-corrected chi connectivity index (χ0v) is 14.2. The predicted molar refractivity (Wildman–Crippen MR) is 100 cm³/mol. The van der Waals surface area contributed by atoms with Crippen LogP contribution in [-0.4, -0.2) is 23.3 Å². The summed E-state index contributed by atoms with van der Waals surface area (Å²) < 4.78 is 2.14. The maximum Gasteiger partial charge on any atom is 0.124 e. The summed E-state index contributed by atoms with van der Waals surface area (Å²) in [7, 11) is 1.87. The maximum absolute atomic E-state index is 5.80. The number of nitrogens with one attached hydrogen (secondary N) is 1. The van der Waals surface area contributed by atoms with Gasteiger partial charge in [-0.15, -0.1) is 11.6 Å². The number of rotatable bonds is 4. The highest BCUT2D eigenvalue weighted by atomic mass is 35.5. The molecular weight excluding hydrogens is 308 g/mol. The van der Waals surface area contributed by atoms with Crippen LogP contribution in [-0.2, 0) is 12.4 Å². The number of halogens is 1. The van der Waals surface area contributed by atoms with Crippen molar-refractivity contribution < 1.29 is 0 Å². The monoisotopic (exact) mass is 328 g/mol. The molecule has 3 aromatic rings. The second-order valence-corrected chi connectivity index (χ2v) is 5.09. The predicted octanol–water partition coefficient (Wildman–Crippen LogP) is 4.86. The number of alkyl halides is 1. The molecule has 23 heavy (non-hydrogen) atoms. The first-order valence-electron chi connectivity index (χ1n) is 7.48. The molecule has 0 atom stereocenters. The van der Waals surface area contributed by atoms with Gasteiger partial charge in [0.05, 0.1) is 28.3 Å². The maximum atomic E-state index is 5.80. The lowest BCUT2D eigenvalue weighted by Gasteiger charge is -2.01. The molecule has 0 amide bonds. The van der Waals surface area contributed by atoms with Crippen LogP contribution in [0.25, 0.3) is 11.0 Å². The fourth-order valence-corrected chi connectivity index (χ4v) is 2.61. The number of aromatic nitrogens is 2. The standard InChI is InChI=1S/C10H11ClN2.C8H10N2/c1-2-13-9-6-4-3-5-8(9)12-10(13)7-11;1-9-7-5-3-4-6-8(7)10-2/h3-6H,2,7H2,1H3;3-6,10H,1H2,2H3. The van der Waals surface area contributed by atoms with Crippen LogP contribution in [0, 0.1) is 0 Å². The molecule has 1 N–H and O–H groups in total. The third-order valence-electron chi connectivity index (χ3n) is 3.51. The summed E-state index contributed by atoms with van der Waals surface area (Å²) in [4.78, 5) is 8.26. The topological polar surface area (TPSA) is 42.2 Å². The lowest BCUT2D eigenvalue weighted by atomic mass is 10.3. The molecule has 0 fully saturated rings. The molecular formula is C18H21ClN4. The van der Waals surface area contributed by atoms with Crippen LogP contribution in [0.1, 0.15) is 12.7 Å². The van der Waals surface area contributed by atoms with E-state index in [0.717, 1.165) is 29.3 Å². The summed E-state index contributed by atoms with van der Waals surface area (Å²) >= 11 is 5.80. The molecule has 4 nitrogen and oxygen atoms in total. The lowest BCUT2D eigenvalue weighted by Crippen LogP contribution is -1.98. The van der Waals surface area contributed by atoms with Crippen LogP contribution in [0.15, 0.2) is 53.5 Å². The first kappa shape index (κ1) is 17.0. The summed E-state index contributed by atoms with van der Waals surface area (Å²) in [6.07, 6.45) is 0. The van der Waals surface area contributed by atoms with Gasteiger partial charge in [-0.05, 0) is 37.9 Å². The minimum atomic E-state index is 0.475. The summed E-state index contributed by atoms with van der Waals surface area (Å²) in [6, 6.07) is 15.9. The Morgan fingerprint density at radius 3 is 2.48 bits per heavy atom. The SMILES string of the molecule is C=Nc1ccccc1NC.CCn1c(CCl)nc2ccccc21. The van der Waals surface area contributed by atoms with Crippen LogP contribution in [0.5, 0.6) is 0 Å². The van der Waals surface area contributed by atoms with Gasteiger partial charge in [0.15, 0.2) is 0 Å². The van der Waals surface area contributed by atoms with E-state index in [1.807, 2.05) is 49.5 Å². The Labute approximate surface area is 141 Å². The number of aliphatic imine (C=N–C) groups is 1. The van der Waals surface area contributed by atoms with Crippen molar-refractivity contribution in [3.8, 4) is 0 Å². The Morgan fingerprint density at radius 2 is 1.87 bits per heavy atom. The number of nitrogens with zero attached hydrogens (tertiary/aromatic N) is 3. The fourth-order valence-electron chi connectivity index (χ4n) is 2.40. The molecule has 0 saturated carbocycles. The minimum Gasteiger partial charge on any atom is -0.386 e. The van der Waals surface area contributed by atoms with Crippen molar-refractivity contribution in [1.29, 1.82) is 0 Å². The van der Waals surface area contributed by atoms with Crippen LogP contribution < -0.4 is 5.32 Å². The van der Waals surface area contributed by atoms with Crippen molar-refractivity contribution in [3.63, 3.8) is 0 Å². The van der Waals surface area contributed by atoms with Crippen LogP contribution in [0.2, 0.25) is 0 Å². The highest BCUT2D eigenvalue weighted by Gasteiger charge is 2.06. The van der Waals surface area contributed by atoms with Crippen molar-refractivity contribution in [2.24, 2.45) is 4.99 Å². The van der Waals surface area contributed by atoms with Gasteiger partial charge in [0.1, 0.15) is 5.82 Å². The Bertz CT molecular complexity index is 780. The van der Waals surface area contributed by atoms with Crippen molar-refractivity contribution in [2.45, 2.75) is 19.3 Å². The summed E-state index contributed by atoms with van der Waals surface area (Å²) in [5.41, 5.74) is 4.10. The van der Waals surface area contributed by atoms with E-state index in [0.29, 0.717) is 5.88 Å². The van der Waals surface area contributed by atoms with E-state index in [9.17, 15) is 0 Å². The number of benzene rings is 2. The average molecular weight is 329 g/mol. The van der Waals surface area contributed by atoms with Gasteiger partial charge in [-0.3, -0.25) is 4.99 Å². The largest absolute Gasteiger partial charge is 0.386 e. The fraction of sp³-hybridized carbons (Fsp3) is 0.222. The number of fused-ring (bicyclic) bond motifs is 1. The quantitative estimate of drug-likeness (QED) is 0.549. The molecule has 0 saturated heterocycles. The van der Waals surface area contributed by atoms with Crippen molar-refractivity contribution in [3.05, 3.63) is 54.4 Å². The van der Waals surface area contributed by atoms with Crippen molar-refractivity contribution >= 4 is 40.7 Å². The third-order valence-corrected chi connectivity index (χ3v) is 3.75. The van der Waals surface area contributed by atoms with Gasteiger partial charge >= 0.3 is 0 Å². The smallest absolute Gasteiger partial charge is 0.124 e. The van der Waals surface area contributed by atoms with Crippen molar-refractivity contribution in [2.75, 3.05) is 12.4 Å². The Hall–Kier alpha value is -2.33. The molecule has 1 aromatic heterocycles. The second-order valence-electron chi connectivity index (χ2n) is 4.82. The second kappa shape index (κ2) is 8.34. The van der Waals surface area contributed by atoms with E-state index in [4.69, 9.17) is 11.6 Å². The first-order valence-corrected chi connectivity index (χ1v) is 8.02. The van der Waals surface area contributed by atoms with E-state index in [2.05, 4.69) is 39.6 Å². The third kappa shape index (κ3) is 3.90. The van der Waals surface area contributed by atoms with E-state index < -0.39 is 0 Å². The lowest BCUT2D eigenvalue weighted by molar-refractivity contribution is 0.747. The zero-order valence-electron chi connectivity index (χ0n) is 13.5. The molecule has 1 heterocycles. The summed E-state index contributed by atoms with van der Waals surface area (Å²) in [5.74, 6) is 1.42. The van der Waals surface area contributed by atoms with Gasteiger partial charge < -0.3 is 9.88 Å². The molecule has 0 bridgehead atoms. The Morgan fingerprint density at radius 1 is 1.17 bits per heavy atom. The van der Waals surface area contributed by atoms with Crippen LogP contribution in [0.4, 0.5) is 11.4 Å². The van der Waals surface area contributed by atoms with Gasteiger partial charge in [-0.2, -0.15) is 0 Å². The molecule has 0 aliphatic carbocycles. The normalized spacial score (nSPS) is 10.0. The molecule has 120 valence electrons. The Kier molecular flexibility index (Phi) is 6.18. The van der Waals surface area contributed by atoms with E-state index in [1.54, 1.807) is 0 Å². The van der Waals surface area contributed by atoms with E-state index >= 15 is 0 Å². The molecule has 3 rings (SSSR count). The van der Waals surface area contributed by atoms with Gasteiger partial charge in [0, 0.05) is 13.6 Å². The van der Waals surface area contributed by atoms with Gasteiger partial charge in [-0.25, -0.2) is 4.98 Å². The Balaban J connectivity index is 0.000000174. The van der Waals surface area contributed by atoms with Crippen molar-refractivity contribution in [1.82, 2.24) is 9.55 Å². The van der Waals surface area contributed by atoms with Crippen LogP contribution >= 0.6 is 11.6 Å². The average Bonchev–Trinajstić information content (AvgIpc) is 2.99. The van der Waals surface area contributed by atoms with Crippen LogP contribution in [0.3, 0.4) is 0 Å². The number of hydrogen-bond acceptors (Lipinski definition) is 3. The van der Waals surface area contributed by atoms with Gasteiger partial charge in [-0.1, -0.05) is 24.3 Å². The number of hydrogen-bond donors (Lipinski definition) is 1. The summed E-state index contributed by atoms with van der Waals surface area (Å²) in [5, 5.41) is 3.01. The number of imidazole rings is 1. The zero-order chi connectivity index (χ0) is 16.7. The highest BCUT2D eigenvalue weighted by Crippen LogP contribution is 2.22. The minimum absolute atomic E-state index is 0.475. The number of para-hydroxylation sites is 4. The van der Waals surface area contributed by atoms with E-state index in [-0.39, 0.29) is 0 Å². The molecule has 0 aliphatic heterocycles. The van der Waals surface area contributed by atoms with E-state index in [1.165, 1.54) is 5.52 Å². The molecule has 0 aliphatic rings. The highest BCUT2D eigenvalue weighted by molar-refractivity contribution is 6.16. The first-order chi connectivity index (χ1) is 11.2. The molecule has 0 radical (unpaired) electrons. The number of aryl methyl sites for hydroxylation is 1. The molecule has 5 heteroatoms. The molecule has 2 aromatic carbocycles. The summed E-state index contributed by atoms with van der Waals surface area (Å²) in [6.45, 7) is 6.47. The van der Waals surface area contributed by atoms with Gasteiger partial charge in [0.2, 0.25) is 0 Å². The molecule has 0 unspecified atom stereocenters. The molecule has 0 spiro atoms. The van der Waals surface area contributed by atoms with Gasteiger partial charge in [0.25, 0.3) is 0 Å².